The molecule has 0 N–H and O–H groups in total. The Morgan fingerprint density at radius 2 is 1.71 bits per heavy atom. The van der Waals surface area contributed by atoms with Gasteiger partial charge in [0.2, 0.25) is 0 Å². The smallest absolute Gasteiger partial charge is 0.137 e. The molecule has 2 aromatic rings. The van der Waals surface area contributed by atoms with Crippen molar-refractivity contribution >= 4 is 15.9 Å². The Labute approximate surface area is 109 Å². The van der Waals surface area contributed by atoms with E-state index in [-0.39, 0.29) is 11.2 Å². The highest BCUT2D eigenvalue weighted by molar-refractivity contribution is 9.10. The lowest BCUT2D eigenvalue weighted by Crippen LogP contribution is -2.15. The summed E-state index contributed by atoms with van der Waals surface area (Å²) in [5.41, 5.74) is 4.58. The van der Waals surface area contributed by atoms with Crippen LogP contribution in [0.1, 0.15) is 25.0 Å². The van der Waals surface area contributed by atoms with Crippen LogP contribution in [0.3, 0.4) is 0 Å². The van der Waals surface area contributed by atoms with Crippen molar-refractivity contribution in [1.82, 2.24) is 0 Å². The molecule has 3 rings (SSSR count). The Bertz CT molecular complexity index is 614. The van der Waals surface area contributed by atoms with Crippen molar-refractivity contribution in [2.45, 2.75) is 19.3 Å². The number of rotatable bonds is 0. The van der Waals surface area contributed by atoms with Gasteiger partial charge >= 0.3 is 0 Å². The molecule has 17 heavy (non-hydrogen) atoms. The van der Waals surface area contributed by atoms with Gasteiger partial charge in [0, 0.05) is 5.41 Å². The zero-order valence-electron chi connectivity index (χ0n) is 9.72. The van der Waals surface area contributed by atoms with Crippen molar-refractivity contribution < 1.29 is 4.39 Å². The molecule has 86 valence electrons. The van der Waals surface area contributed by atoms with Crippen molar-refractivity contribution in [2.75, 3.05) is 0 Å². The summed E-state index contributed by atoms with van der Waals surface area (Å²) in [6, 6.07) is 11.8. The quantitative estimate of drug-likeness (QED) is 0.648. The lowest BCUT2D eigenvalue weighted by Gasteiger charge is -2.21. The number of benzene rings is 2. The second-order valence-electron chi connectivity index (χ2n) is 4.98. The van der Waals surface area contributed by atoms with Crippen LogP contribution >= 0.6 is 15.9 Å². The zero-order valence-corrected chi connectivity index (χ0v) is 11.3. The third-order valence-corrected chi connectivity index (χ3v) is 4.23. The molecule has 0 spiro atoms. The highest BCUT2D eigenvalue weighted by Crippen LogP contribution is 2.49. The summed E-state index contributed by atoms with van der Waals surface area (Å²) in [5, 5.41) is 0. The summed E-state index contributed by atoms with van der Waals surface area (Å²) in [7, 11) is 0. The molecule has 0 saturated carbocycles. The van der Waals surface area contributed by atoms with Crippen LogP contribution in [-0.2, 0) is 5.41 Å². The monoisotopic (exact) mass is 290 g/mol. The van der Waals surface area contributed by atoms with E-state index in [0.29, 0.717) is 4.47 Å². The molecule has 2 aromatic carbocycles. The van der Waals surface area contributed by atoms with Gasteiger partial charge in [0.05, 0.1) is 4.47 Å². The van der Waals surface area contributed by atoms with Crippen LogP contribution in [0, 0.1) is 5.82 Å². The fraction of sp³-hybridized carbons (Fsp3) is 0.200. The lowest BCUT2D eigenvalue weighted by molar-refractivity contribution is 0.604. The van der Waals surface area contributed by atoms with Gasteiger partial charge < -0.3 is 0 Å². The van der Waals surface area contributed by atoms with Crippen LogP contribution in [0.2, 0.25) is 0 Å². The van der Waals surface area contributed by atoms with Crippen molar-refractivity contribution in [2.24, 2.45) is 0 Å². The van der Waals surface area contributed by atoms with Crippen molar-refractivity contribution in [1.29, 1.82) is 0 Å². The minimum absolute atomic E-state index is 0.118. The van der Waals surface area contributed by atoms with E-state index < -0.39 is 0 Å². The van der Waals surface area contributed by atoms with Crippen molar-refractivity contribution in [3.8, 4) is 11.1 Å². The molecule has 0 fully saturated rings. The standard InChI is InChI=1S/C15H12BrF/c1-15(2)11-6-4-3-5-9(11)10-7-13(16)14(17)8-12(10)15/h3-8H,1-2H3. The molecule has 1 aliphatic rings. The first kappa shape index (κ1) is 11.0. The molecule has 0 radical (unpaired) electrons. The van der Waals surface area contributed by atoms with Gasteiger partial charge in [-0.1, -0.05) is 38.1 Å². The molecule has 0 aliphatic heterocycles. The predicted octanol–water partition coefficient (Wildman–Crippen LogP) is 4.89. The average Bonchev–Trinajstić information content (AvgIpc) is 2.51. The molecule has 0 nitrogen and oxygen atoms in total. The molecule has 0 unspecified atom stereocenters. The highest BCUT2D eigenvalue weighted by Gasteiger charge is 2.35. The Kier molecular flexibility index (Phi) is 2.21. The number of fused-ring (bicyclic) bond motifs is 3. The molecule has 1 aliphatic carbocycles. The molecule has 0 saturated heterocycles. The van der Waals surface area contributed by atoms with Crippen LogP contribution in [-0.4, -0.2) is 0 Å². The third-order valence-electron chi connectivity index (χ3n) is 3.62. The summed E-state index contributed by atoms with van der Waals surface area (Å²) < 4.78 is 14.2. The van der Waals surface area contributed by atoms with E-state index in [1.54, 1.807) is 6.07 Å². The maximum atomic E-state index is 13.7. The van der Waals surface area contributed by atoms with Crippen molar-refractivity contribution in [3.63, 3.8) is 0 Å². The van der Waals surface area contributed by atoms with Crippen LogP contribution in [0.4, 0.5) is 4.39 Å². The third kappa shape index (κ3) is 1.40. The topological polar surface area (TPSA) is 0 Å². The van der Waals surface area contributed by atoms with Gasteiger partial charge in [-0.05, 0) is 50.3 Å². The molecule has 0 bridgehead atoms. The minimum atomic E-state index is -0.190. The Morgan fingerprint density at radius 3 is 2.47 bits per heavy atom. The predicted molar refractivity (Wildman–Crippen MR) is 71.7 cm³/mol. The Morgan fingerprint density at radius 1 is 1.00 bits per heavy atom. The molecule has 0 aromatic heterocycles. The summed E-state index contributed by atoms with van der Waals surface area (Å²) in [6.07, 6.45) is 0. The lowest BCUT2D eigenvalue weighted by atomic mass is 9.82. The molecule has 0 amide bonds. The van der Waals surface area contributed by atoms with E-state index in [4.69, 9.17) is 0 Å². The Balaban J connectivity index is 2.40. The van der Waals surface area contributed by atoms with E-state index in [2.05, 4.69) is 41.9 Å². The fourth-order valence-corrected chi connectivity index (χ4v) is 3.04. The summed E-state index contributed by atoms with van der Waals surface area (Å²) in [4.78, 5) is 0. The number of hydrogen-bond donors (Lipinski definition) is 0. The van der Waals surface area contributed by atoms with E-state index >= 15 is 0 Å². The second-order valence-corrected chi connectivity index (χ2v) is 5.84. The average molecular weight is 291 g/mol. The van der Waals surface area contributed by atoms with Crippen LogP contribution < -0.4 is 0 Å². The largest absolute Gasteiger partial charge is 0.206 e. The van der Waals surface area contributed by atoms with Crippen LogP contribution in [0.15, 0.2) is 40.9 Å². The van der Waals surface area contributed by atoms with Gasteiger partial charge in [-0.25, -0.2) is 4.39 Å². The van der Waals surface area contributed by atoms with Gasteiger partial charge in [-0.2, -0.15) is 0 Å². The first-order valence-corrected chi connectivity index (χ1v) is 6.40. The van der Waals surface area contributed by atoms with E-state index in [1.165, 1.54) is 11.1 Å². The molecule has 0 heterocycles. The molecule has 0 atom stereocenters. The van der Waals surface area contributed by atoms with Gasteiger partial charge in [0.15, 0.2) is 0 Å². The van der Waals surface area contributed by atoms with E-state index in [0.717, 1.165) is 11.1 Å². The van der Waals surface area contributed by atoms with Crippen LogP contribution in [0.25, 0.3) is 11.1 Å². The first-order valence-electron chi connectivity index (χ1n) is 5.61. The second kappa shape index (κ2) is 3.42. The maximum Gasteiger partial charge on any atom is 0.137 e. The number of halogens is 2. The van der Waals surface area contributed by atoms with Crippen LogP contribution in [0.5, 0.6) is 0 Å². The van der Waals surface area contributed by atoms with Crippen molar-refractivity contribution in [3.05, 3.63) is 57.8 Å². The maximum absolute atomic E-state index is 13.7. The van der Waals surface area contributed by atoms with E-state index in [1.807, 2.05) is 18.2 Å². The Hall–Kier alpha value is -1.15. The molecular weight excluding hydrogens is 279 g/mol. The SMILES string of the molecule is CC1(C)c2ccccc2-c2cc(Br)c(F)cc21. The number of hydrogen-bond acceptors (Lipinski definition) is 0. The molecule has 2 heteroatoms. The fourth-order valence-electron chi connectivity index (χ4n) is 2.69. The minimum Gasteiger partial charge on any atom is -0.206 e. The summed E-state index contributed by atoms with van der Waals surface area (Å²) in [6.45, 7) is 4.29. The summed E-state index contributed by atoms with van der Waals surface area (Å²) in [5.74, 6) is -0.190. The first-order chi connectivity index (χ1) is 8.01. The molecular formula is C15H12BrF. The normalized spacial score (nSPS) is 15.5. The summed E-state index contributed by atoms with van der Waals surface area (Å²) >= 11 is 3.26. The highest BCUT2D eigenvalue weighted by atomic mass is 79.9. The van der Waals surface area contributed by atoms with E-state index in [9.17, 15) is 4.39 Å². The van der Waals surface area contributed by atoms with Gasteiger partial charge in [0.1, 0.15) is 5.82 Å². The van der Waals surface area contributed by atoms with Gasteiger partial charge in [-0.15, -0.1) is 0 Å². The van der Waals surface area contributed by atoms with Gasteiger partial charge in [0.25, 0.3) is 0 Å². The zero-order chi connectivity index (χ0) is 12.2. The van der Waals surface area contributed by atoms with Gasteiger partial charge in [-0.3, -0.25) is 0 Å².